The summed E-state index contributed by atoms with van der Waals surface area (Å²) in [7, 11) is 17.0. The molecule has 0 spiro atoms. The van der Waals surface area contributed by atoms with Gasteiger partial charge in [0.05, 0.1) is 0 Å². The van der Waals surface area contributed by atoms with Crippen molar-refractivity contribution in [1.82, 2.24) is 0 Å². The zero-order chi connectivity index (χ0) is 10.3. The quantitative estimate of drug-likeness (QED) is 0.547. The van der Waals surface area contributed by atoms with E-state index in [0.29, 0.717) is 0 Å². The van der Waals surface area contributed by atoms with Crippen LogP contribution in [-0.2, 0) is 6.54 Å². The predicted molar refractivity (Wildman–Crippen MR) is 61.5 cm³/mol. The van der Waals surface area contributed by atoms with Crippen molar-refractivity contribution in [3.63, 3.8) is 0 Å². The Balaban J connectivity index is 0.000000252. The van der Waals surface area contributed by atoms with E-state index in [0.717, 1.165) is 6.54 Å². The van der Waals surface area contributed by atoms with Gasteiger partial charge in [-0.2, -0.15) is 0 Å². The number of aryl methyl sites for hydroxylation is 1. The van der Waals surface area contributed by atoms with Crippen molar-refractivity contribution in [2.75, 3.05) is 0 Å². The van der Waals surface area contributed by atoms with Crippen LogP contribution < -0.4 is 4.57 Å². The second-order valence-electron chi connectivity index (χ2n) is 2.20. The molecule has 1 aromatic heterocycles. The molecule has 74 valence electrons. The smallest absolute Gasteiger partial charge is 0.391 e. The van der Waals surface area contributed by atoms with E-state index in [1.807, 2.05) is 18.2 Å². The maximum absolute atomic E-state index is 4.99. The van der Waals surface area contributed by atoms with Gasteiger partial charge in [0.1, 0.15) is 6.54 Å². The molecule has 0 aromatic carbocycles. The second-order valence-corrected chi connectivity index (χ2v) is 15.1. The van der Waals surface area contributed by atoms with Crippen LogP contribution >= 0.6 is 40.2 Å². The lowest BCUT2D eigenvalue weighted by atomic mass is 10.5. The van der Waals surface area contributed by atoms with E-state index in [1.54, 1.807) is 0 Å². The Morgan fingerprint density at radius 1 is 1.00 bits per heavy atom. The molecule has 0 bridgehead atoms. The van der Waals surface area contributed by atoms with Gasteiger partial charge in [-0.25, -0.2) is 4.57 Å². The van der Waals surface area contributed by atoms with Crippen LogP contribution in [0.5, 0.6) is 0 Å². The summed E-state index contributed by atoms with van der Waals surface area (Å²) in [6.45, 7) is 3.18. The van der Waals surface area contributed by atoms with E-state index in [2.05, 4.69) is 23.9 Å². The topological polar surface area (TPSA) is 3.88 Å². The maximum Gasteiger partial charge on any atom is 0.564 e. The van der Waals surface area contributed by atoms with Gasteiger partial charge < -0.3 is 40.2 Å². The fourth-order valence-electron chi connectivity index (χ4n) is 0.645. The molecule has 0 amide bonds. The standard InChI is InChI=1S/C7H10N.Al.4ClH/c1-2-8-6-4-3-5-7-8;;;;;/h3-7H,2H2,1H3;;4*1H/q+1;+3;;;;/p-4. The molecule has 0 saturated carbocycles. The van der Waals surface area contributed by atoms with Gasteiger partial charge in [-0.1, -0.05) is 6.07 Å². The molecule has 0 aliphatic rings. The summed E-state index contributed by atoms with van der Waals surface area (Å²) >= 11 is 0. The average Bonchev–Trinajstić information content (AvgIpc) is 2.03. The first-order chi connectivity index (χ1) is 5.93. The van der Waals surface area contributed by atoms with Crippen LogP contribution in [-0.4, -0.2) is 9.39 Å². The third-order valence-corrected chi connectivity index (χ3v) is 1.14. The second kappa shape index (κ2) is 7.18. The largest absolute Gasteiger partial charge is 0.564 e. The van der Waals surface area contributed by atoms with E-state index < -0.39 is 9.39 Å². The summed E-state index contributed by atoms with van der Waals surface area (Å²) in [4.78, 5) is 0. The predicted octanol–water partition coefficient (Wildman–Crippen LogP) is 3.37. The third-order valence-electron chi connectivity index (χ3n) is 1.14. The monoisotopic (exact) mass is 275 g/mol. The van der Waals surface area contributed by atoms with Crippen LogP contribution in [0.25, 0.3) is 0 Å². The first kappa shape index (κ1) is 13.8. The highest BCUT2D eigenvalue weighted by Gasteiger charge is 2.14. The number of halogens is 4. The van der Waals surface area contributed by atoms with Gasteiger partial charge in [-0.3, -0.25) is 0 Å². The van der Waals surface area contributed by atoms with E-state index >= 15 is 0 Å². The minimum absolute atomic E-state index is 1.06. The Morgan fingerprint density at radius 3 is 1.62 bits per heavy atom. The minimum atomic E-state index is -2.94. The molecular weight excluding hydrogens is 267 g/mol. The molecule has 0 aliphatic heterocycles. The summed E-state index contributed by atoms with van der Waals surface area (Å²) in [5.41, 5.74) is 0. The molecule has 1 nitrogen and oxygen atoms in total. The molecular formula is C7H10AlCl4N. The number of hydrogen-bond donors (Lipinski definition) is 0. The van der Waals surface area contributed by atoms with Crippen LogP contribution in [0.15, 0.2) is 30.6 Å². The van der Waals surface area contributed by atoms with Crippen molar-refractivity contribution in [2.45, 2.75) is 13.5 Å². The number of nitrogens with zero attached hydrogens (tertiary/aromatic N) is 1. The molecule has 0 saturated heterocycles. The van der Waals surface area contributed by atoms with Crippen molar-refractivity contribution in [2.24, 2.45) is 0 Å². The number of hydrogen-bond acceptors (Lipinski definition) is 0. The fraction of sp³-hybridized carbons (Fsp3) is 0.286. The van der Waals surface area contributed by atoms with Crippen LogP contribution in [0.2, 0.25) is 0 Å². The molecule has 1 rings (SSSR count). The normalized spacial score (nSPS) is 10.2. The molecule has 13 heavy (non-hydrogen) atoms. The number of pyridine rings is 1. The molecule has 0 fully saturated rings. The first-order valence-corrected chi connectivity index (χ1v) is 10.7. The zero-order valence-electron chi connectivity index (χ0n) is 7.13. The van der Waals surface area contributed by atoms with Crippen LogP contribution in [0.4, 0.5) is 0 Å². The summed E-state index contributed by atoms with van der Waals surface area (Å²) < 4.78 is 2.12. The van der Waals surface area contributed by atoms with Crippen LogP contribution in [0.1, 0.15) is 6.92 Å². The Kier molecular flexibility index (Phi) is 7.64. The summed E-state index contributed by atoms with van der Waals surface area (Å²) in [5, 5.41) is 0. The molecule has 0 N–H and O–H groups in total. The zero-order valence-corrected chi connectivity index (χ0v) is 11.3. The summed E-state index contributed by atoms with van der Waals surface area (Å²) in [6, 6.07) is 6.08. The average molecular weight is 277 g/mol. The van der Waals surface area contributed by atoms with Gasteiger partial charge in [0.2, 0.25) is 0 Å². The molecule has 0 radical (unpaired) electrons. The van der Waals surface area contributed by atoms with E-state index in [4.69, 9.17) is 40.2 Å². The molecule has 1 heterocycles. The van der Waals surface area contributed by atoms with Crippen molar-refractivity contribution in [3.8, 4) is 0 Å². The number of aromatic nitrogens is 1. The van der Waals surface area contributed by atoms with Gasteiger partial charge in [0.25, 0.3) is 0 Å². The maximum atomic E-state index is 4.99. The van der Waals surface area contributed by atoms with Crippen molar-refractivity contribution in [1.29, 1.82) is 0 Å². The SMILES string of the molecule is CC[n+]1ccccc1.[Cl][Al-]([Cl])([Cl])[Cl]. The third kappa shape index (κ3) is 12.8. The van der Waals surface area contributed by atoms with E-state index in [1.165, 1.54) is 0 Å². The molecule has 1 aromatic rings. The van der Waals surface area contributed by atoms with E-state index in [-0.39, 0.29) is 0 Å². The highest BCUT2D eigenvalue weighted by Crippen LogP contribution is 2.23. The Hall–Kier alpha value is 0.842. The van der Waals surface area contributed by atoms with Crippen LogP contribution in [0, 0.1) is 0 Å². The lowest BCUT2D eigenvalue weighted by Crippen LogP contribution is -2.30. The fourth-order valence-corrected chi connectivity index (χ4v) is 0.645. The van der Waals surface area contributed by atoms with Gasteiger partial charge in [0.15, 0.2) is 12.4 Å². The molecule has 0 atom stereocenters. The summed E-state index contributed by atoms with van der Waals surface area (Å²) in [6.07, 6.45) is 4.11. The van der Waals surface area contributed by atoms with Gasteiger partial charge in [-0.05, 0) is 6.92 Å². The van der Waals surface area contributed by atoms with Gasteiger partial charge in [0, 0.05) is 12.1 Å². The van der Waals surface area contributed by atoms with Gasteiger partial charge >= 0.3 is 9.39 Å². The lowest BCUT2D eigenvalue weighted by Gasteiger charge is -1.97. The molecule has 0 unspecified atom stereocenters. The summed E-state index contributed by atoms with van der Waals surface area (Å²) in [5.74, 6) is 0. The van der Waals surface area contributed by atoms with Gasteiger partial charge in [-0.15, -0.1) is 0 Å². The molecule has 0 aliphatic carbocycles. The van der Waals surface area contributed by atoms with Crippen LogP contribution in [0.3, 0.4) is 0 Å². The Morgan fingerprint density at radius 2 is 1.38 bits per heavy atom. The van der Waals surface area contributed by atoms with Crippen molar-refractivity contribution in [3.05, 3.63) is 30.6 Å². The Labute approximate surface area is 97.7 Å². The first-order valence-electron chi connectivity index (χ1n) is 3.75. The van der Waals surface area contributed by atoms with E-state index in [9.17, 15) is 0 Å². The van der Waals surface area contributed by atoms with Crippen molar-refractivity contribution < 1.29 is 4.57 Å². The van der Waals surface area contributed by atoms with Crippen molar-refractivity contribution >= 4 is 49.6 Å². The molecule has 6 heteroatoms. The Bertz CT molecular complexity index is 218. The highest BCUT2D eigenvalue weighted by atomic mass is 35.9. The lowest BCUT2D eigenvalue weighted by molar-refractivity contribution is -0.693. The number of rotatable bonds is 1. The highest BCUT2D eigenvalue weighted by molar-refractivity contribution is 7.81. The minimum Gasteiger partial charge on any atom is -0.391 e.